The lowest BCUT2D eigenvalue weighted by Gasteiger charge is -2.22. The van der Waals surface area contributed by atoms with Crippen LogP contribution in [0.5, 0.6) is 5.75 Å². The third-order valence-electron chi connectivity index (χ3n) is 4.70. The Morgan fingerprint density at radius 2 is 1.42 bits per heavy atom. The first kappa shape index (κ1) is 25.0. The molecule has 0 radical (unpaired) electrons. The number of carbonyl (C=O) groups is 1. The van der Waals surface area contributed by atoms with Crippen molar-refractivity contribution in [3.63, 3.8) is 0 Å². The smallest absolute Gasteiger partial charge is 0.494 e. The largest absolute Gasteiger partial charge is 0.678 e. The third kappa shape index (κ3) is 8.76. The van der Waals surface area contributed by atoms with E-state index < -0.39 is 9.05 Å². The molecule has 0 saturated heterocycles. The molecule has 0 aliphatic heterocycles. The summed E-state index contributed by atoms with van der Waals surface area (Å²) >= 11 is 0. The number of hydrogen-bond acceptors (Lipinski definition) is 6. The fourth-order valence-electron chi connectivity index (χ4n) is 2.92. The summed E-state index contributed by atoms with van der Waals surface area (Å²) in [6.45, 7) is 1.21. The monoisotopic (exact) mass is 444 g/mol. The summed E-state index contributed by atoms with van der Waals surface area (Å²) < 4.78 is 27.1. The molecule has 0 aliphatic carbocycles. The van der Waals surface area contributed by atoms with Gasteiger partial charge in [0.1, 0.15) is 5.75 Å². The molecule has 0 N–H and O–H groups in total. The van der Waals surface area contributed by atoms with E-state index in [-0.39, 0.29) is 5.78 Å². The molecule has 2 aromatic rings. The van der Waals surface area contributed by atoms with Crippen LogP contribution in [0, 0.1) is 0 Å². The first-order chi connectivity index (χ1) is 15.1. The van der Waals surface area contributed by atoms with Crippen molar-refractivity contribution in [3.05, 3.63) is 71.8 Å². The maximum atomic E-state index is 12.1. The minimum absolute atomic E-state index is 0.00831. The highest BCUT2D eigenvalue weighted by molar-refractivity contribution is 6.53. The molecule has 0 spiro atoms. The van der Waals surface area contributed by atoms with Gasteiger partial charge in [-0.1, -0.05) is 55.0 Å². The zero-order chi connectivity index (χ0) is 22.4. The molecule has 0 aliphatic rings. The Bertz CT molecular complexity index is 779. The van der Waals surface area contributed by atoms with E-state index in [0.29, 0.717) is 18.8 Å². The highest BCUT2D eigenvalue weighted by atomic mass is 28.4. The molecule has 2 rings (SSSR count). The van der Waals surface area contributed by atoms with Crippen LogP contribution < -0.4 is 4.74 Å². The van der Waals surface area contributed by atoms with E-state index in [0.717, 1.165) is 37.0 Å². The number of unbranched alkanes of at least 4 members (excludes halogenated alkanes) is 3. The molecular weight excluding hydrogens is 412 g/mol. The molecule has 0 heterocycles. The molecule has 0 unspecified atom stereocenters. The van der Waals surface area contributed by atoms with Crippen molar-refractivity contribution in [1.29, 1.82) is 0 Å². The fourth-order valence-corrected chi connectivity index (χ4v) is 4.17. The van der Waals surface area contributed by atoms with Gasteiger partial charge >= 0.3 is 9.05 Å². The number of allylic oxidation sites excluding steroid dienone is 1. The third-order valence-corrected chi connectivity index (χ3v) is 6.76. The predicted molar refractivity (Wildman–Crippen MR) is 123 cm³/mol. The van der Waals surface area contributed by atoms with Crippen molar-refractivity contribution in [1.82, 2.24) is 0 Å². The predicted octanol–water partition coefficient (Wildman–Crippen LogP) is 4.91. The Balaban J connectivity index is 1.61. The molecule has 7 heteroatoms. The molecule has 0 fully saturated rings. The van der Waals surface area contributed by atoms with Crippen molar-refractivity contribution in [2.24, 2.45) is 0 Å². The van der Waals surface area contributed by atoms with Crippen molar-refractivity contribution in [2.45, 2.75) is 25.7 Å². The fraction of sp³-hybridized carbons (Fsp3) is 0.375. The quantitative estimate of drug-likeness (QED) is 0.168. The van der Waals surface area contributed by atoms with Gasteiger partial charge in [0.25, 0.3) is 0 Å². The summed E-state index contributed by atoms with van der Waals surface area (Å²) in [5.41, 5.74) is 1.64. The van der Waals surface area contributed by atoms with Crippen LogP contribution in [0.15, 0.2) is 60.7 Å². The van der Waals surface area contributed by atoms with Crippen LogP contribution in [0.2, 0.25) is 0 Å². The van der Waals surface area contributed by atoms with Gasteiger partial charge in [-0.15, -0.1) is 0 Å². The van der Waals surface area contributed by atoms with Gasteiger partial charge in [-0.05, 0) is 43.0 Å². The molecule has 0 aromatic heterocycles. The van der Waals surface area contributed by atoms with Crippen LogP contribution >= 0.6 is 0 Å². The molecule has 31 heavy (non-hydrogen) atoms. The Labute approximate surface area is 186 Å². The Hall–Kier alpha value is -2.29. The van der Waals surface area contributed by atoms with Gasteiger partial charge in [0, 0.05) is 33.5 Å². The van der Waals surface area contributed by atoms with Gasteiger partial charge < -0.3 is 22.4 Å². The van der Waals surface area contributed by atoms with Gasteiger partial charge in [0.2, 0.25) is 0 Å². The molecule has 6 nitrogen and oxygen atoms in total. The minimum atomic E-state index is -2.92. The summed E-state index contributed by atoms with van der Waals surface area (Å²) in [4.78, 5) is 12.1. The second kappa shape index (κ2) is 13.9. The van der Waals surface area contributed by atoms with Crippen LogP contribution in [0.3, 0.4) is 0 Å². The molecule has 168 valence electrons. The molecular formula is C24H32O6Si. The van der Waals surface area contributed by atoms with Crippen molar-refractivity contribution in [3.8, 4) is 5.75 Å². The number of ether oxygens (including phenoxy) is 1. The zero-order valence-corrected chi connectivity index (χ0v) is 19.5. The Kier molecular flexibility index (Phi) is 11.2. The normalized spacial score (nSPS) is 11.7. The second-order valence-electron chi connectivity index (χ2n) is 6.86. The van der Waals surface area contributed by atoms with Crippen LogP contribution in [-0.2, 0) is 17.7 Å². The van der Waals surface area contributed by atoms with E-state index in [9.17, 15) is 4.79 Å². The van der Waals surface area contributed by atoms with Gasteiger partial charge in [-0.3, -0.25) is 4.79 Å². The van der Waals surface area contributed by atoms with E-state index in [1.54, 1.807) is 6.08 Å². The van der Waals surface area contributed by atoms with Gasteiger partial charge in [0.05, 0.1) is 6.61 Å². The number of rotatable bonds is 15. The Morgan fingerprint density at radius 3 is 2.03 bits per heavy atom. The first-order valence-corrected chi connectivity index (χ1v) is 12.1. The van der Waals surface area contributed by atoms with Gasteiger partial charge in [-0.25, -0.2) is 0 Å². The highest BCUT2D eigenvalue weighted by Crippen LogP contribution is 2.15. The van der Waals surface area contributed by atoms with Crippen molar-refractivity contribution < 1.29 is 27.2 Å². The number of ketones is 1. The molecule has 0 atom stereocenters. The van der Waals surface area contributed by atoms with Crippen LogP contribution in [0.4, 0.5) is 0 Å². The maximum Gasteiger partial charge on any atom is 0.678 e. The van der Waals surface area contributed by atoms with Crippen molar-refractivity contribution >= 4 is 20.9 Å². The number of carbonyl (C=O) groups excluding carboxylic acids is 1. The number of hydrogen-bond donors (Lipinski definition) is 0. The molecule has 2 aromatic carbocycles. The molecule has 0 bridgehead atoms. The van der Waals surface area contributed by atoms with Gasteiger partial charge in [-0.2, -0.15) is 0 Å². The average Bonchev–Trinajstić information content (AvgIpc) is 2.83. The summed E-state index contributed by atoms with van der Waals surface area (Å²) in [6, 6.07) is 17.0. The summed E-state index contributed by atoms with van der Waals surface area (Å²) in [5, 5.41) is 0. The van der Waals surface area contributed by atoms with E-state index in [4.69, 9.17) is 22.4 Å². The lowest BCUT2D eigenvalue weighted by molar-refractivity contribution is 0.00500. The second-order valence-corrected chi connectivity index (χ2v) is 9.37. The lowest BCUT2D eigenvalue weighted by atomic mass is 10.1. The number of benzene rings is 2. The highest BCUT2D eigenvalue weighted by Gasteiger charge is 2.41. The summed E-state index contributed by atoms with van der Waals surface area (Å²) in [5.74, 6) is 0.817. The zero-order valence-electron chi connectivity index (χ0n) is 18.5. The summed E-state index contributed by atoms with van der Waals surface area (Å²) in [6.07, 6.45) is 7.36. The van der Waals surface area contributed by atoms with Crippen LogP contribution in [0.1, 0.15) is 41.6 Å². The molecule has 0 amide bonds. The first-order valence-electron chi connectivity index (χ1n) is 10.4. The summed E-state index contributed by atoms with van der Waals surface area (Å²) in [7, 11) is 1.67. The molecule has 0 saturated carbocycles. The van der Waals surface area contributed by atoms with E-state index >= 15 is 0 Å². The average molecular weight is 445 g/mol. The van der Waals surface area contributed by atoms with Crippen LogP contribution in [0.25, 0.3) is 6.08 Å². The van der Waals surface area contributed by atoms with E-state index in [1.165, 1.54) is 21.3 Å². The maximum absolute atomic E-state index is 12.1. The Morgan fingerprint density at radius 1 is 0.806 bits per heavy atom. The standard InChI is InChI=1S/C24H32O6Si/c1-26-31(27-2,28-3)30-20-10-5-4-9-19-29-23-16-13-21(14-17-23)15-18-24(25)22-11-7-6-8-12-22/h6-8,11-18H,4-5,9-10,19-20H2,1-3H3. The van der Waals surface area contributed by atoms with Gasteiger partial charge in [0.15, 0.2) is 5.78 Å². The minimum Gasteiger partial charge on any atom is -0.494 e. The van der Waals surface area contributed by atoms with Crippen LogP contribution in [-0.4, -0.2) is 49.4 Å². The topological polar surface area (TPSA) is 63.2 Å². The lowest BCUT2D eigenvalue weighted by Crippen LogP contribution is -2.46. The van der Waals surface area contributed by atoms with E-state index in [2.05, 4.69) is 0 Å². The van der Waals surface area contributed by atoms with Crippen molar-refractivity contribution in [2.75, 3.05) is 34.5 Å². The van der Waals surface area contributed by atoms with E-state index in [1.807, 2.05) is 60.7 Å². The SMILES string of the molecule is CO[Si](OC)(OC)OCCCCCCOc1ccc(C=CC(=O)c2ccccc2)cc1.